The van der Waals surface area contributed by atoms with Crippen molar-refractivity contribution in [2.24, 2.45) is 0 Å². The van der Waals surface area contributed by atoms with Crippen LogP contribution in [0.25, 0.3) is 44.6 Å². The van der Waals surface area contributed by atoms with Gasteiger partial charge in [-0.25, -0.2) is 4.98 Å². The first-order chi connectivity index (χ1) is 16.1. The van der Waals surface area contributed by atoms with Crippen LogP contribution in [0.4, 0.5) is 0 Å². The van der Waals surface area contributed by atoms with Crippen LogP contribution < -0.4 is 0 Å². The van der Waals surface area contributed by atoms with Crippen LogP contribution in [-0.2, 0) is 0 Å². The van der Waals surface area contributed by atoms with Crippen molar-refractivity contribution >= 4 is 21.8 Å². The standard InChI is InChI=1S/C30H25N3/c1-20-17-21(2)29(22(3)18-20)32-16-15-31-30(32)23-9-8-10-24(19-23)33-27-13-6-4-11-25(27)26-12-5-7-14-28(26)33/h4-19H,1-3H3. The molecule has 160 valence electrons. The highest BCUT2D eigenvalue weighted by Crippen LogP contribution is 2.33. The first-order valence-electron chi connectivity index (χ1n) is 11.3. The molecule has 4 aromatic carbocycles. The van der Waals surface area contributed by atoms with Gasteiger partial charge in [-0.1, -0.05) is 66.2 Å². The van der Waals surface area contributed by atoms with Gasteiger partial charge >= 0.3 is 0 Å². The summed E-state index contributed by atoms with van der Waals surface area (Å²) >= 11 is 0. The Bertz CT molecular complexity index is 1570. The van der Waals surface area contributed by atoms with E-state index in [1.54, 1.807) is 0 Å². The van der Waals surface area contributed by atoms with E-state index in [0.717, 1.165) is 17.1 Å². The van der Waals surface area contributed by atoms with Gasteiger partial charge in [0.2, 0.25) is 0 Å². The molecule has 0 unspecified atom stereocenters. The van der Waals surface area contributed by atoms with Crippen LogP contribution in [0.3, 0.4) is 0 Å². The van der Waals surface area contributed by atoms with Gasteiger partial charge in [0.05, 0.1) is 16.7 Å². The molecular weight excluding hydrogens is 402 g/mol. The molecular formula is C30H25N3. The summed E-state index contributed by atoms with van der Waals surface area (Å²) in [6, 6.07) is 30.4. The van der Waals surface area contributed by atoms with Crippen molar-refractivity contribution in [1.82, 2.24) is 14.1 Å². The van der Waals surface area contributed by atoms with Gasteiger partial charge in [0, 0.05) is 34.4 Å². The third-order valence-corrected chi connectivity index (χ3v) is 6.46. The summed E-state index contributed by atoms with van der Waals surface area (Å²) in [6.07, 6.45) is 3.95. The molecule has 3 nitrogen and oxygen atoms in total. The molecule has 0 fully saturated rings. The molecule has 0 radical (unpaired) electrons. The van der Waals surface area contributed by atoms with E-state index in [1.165, 1.54) is 44.2 Å². The lowest BCUT2D eigenvalue weighted by Gasteiger charge is -2.16. The van der Waals surface area contributed by atoms with Gasteiger partial charge in [0.15, 0.2) is 0 Å². The van der Waals surface area contributed by atoms with Crippen molar-refractivity contribution in [1.29, 1.82) is 0 Å². The Kier molecular flexibility index (Phi) is 4.44. The summed E-state index contributed by atoms with van der Waals surface area (Å²) in [4.78, 5) is 4.77. The van der Waals surface area contributed by atoms with Crippen LogP contribution in [0.15, 0.2) is 97.3 Å². The zero-order valence-corrected chi connectivity index (χ0v) is 19.1. The fourth-order valence-corrected chi connectivity index (χ4v) is 5.23. The van der Waals surface area contributed by atoms with Crippen molar-refractivity contribution in [3.63, 3.8) is 0 Å². The monoisotopic (exact) mass is 427 g/mol. The van der Waals surface area contributed by atoms with Gasteiger partial charge in [-0.2, -0.15) is 0 Å². The second kappa shape index (κ2) is 7.49. The minimum Gasteiger partial charge on any atom is -0.309 e. The molecule has 0 aliphatic carbocycles. The number of benzene rings is 4. The molecule has 0 aliphatic rings. The number of imidazole rings is 1. The molecule has 6 aromatic rings. The number of rotatable bonds is 3. The average Bonchev–Trinajstić information content (AvgIpc) is 3.42. The zero-order chi connectivity index (χ0) is 22.5. The first kappa shape index (κ1) is 19.6. The lowest BCUT2D eigenvalue weighted by atomic mass is 10.0. The van der Waals surface area contributed by atoms with Crippen molar-refractivity contribution in [3.05, 3.63) is 114 Å². The molecule has 33 heavy (non-hydrogen) atoms. The SMILES string of the molecule is Cc1cc(C)c(-n2ccnc2-c2cccc(-n3c4ccccc4c4ccccc43)c2)c(C)c1. The van der Waals surface area contributed by atoms with E-state index in [2.05, 4.69) is 121 Å². The molecule has 2 heterocycles. The van der Waals surface area contributed by atoms with E-state index in [4.69, 9.17) is 4.98 Å². The maximum atomic E-state index is 4.77. The van der Waals surface area contributed by atoms with Gasteiger partial charge in [-0.05, 0) is 56.2 Å². The lowest BCUT2D eigenvalue weighted by Crippen LogP contribution is -2.03. The van der Waals surface area contributed by atoms with Gasteiger partial charge in [0.1, 0.15) is 5.82 Å². The lowest BCUT2D eigenvalue weighted by molar-refractivity contribution is 1.03. The molecule has 0 saturated carbocycles. The number of hydrogen-bond acceptors (Lipinski definition) is 1. The van der Waals surface area contributed by atoms with Crippen LogP contribution in [0.5, 0.6) is 0 Å². The van der Waals surface area contributed by atoms with Crippen LogP contribution in [0.1, 0.15) is 16.7 Å². The van der Waals surface area contributed by atoms with Gasteiger partial charge in [0.25, 0.3) is 0 Å². The molecule has 0 aliphatic heterocycles. The molecule has 0 N–H and O–H groups in total. The van der Waals surface area contributed by atoms with E-state index in [9.17, 15) is 0 Å². The van der Waals surface area contributed by atoms with E-state index >= 15 is 0 Å². The van der Waals surface area contributed by atoms with Crippen molar-refractivity contribution < 1.29 is 0 Å². The van der Waals surface area contributed by atoms with Crippen LogP contribution in [0, 0.1) is 20.8 Å². The predicted octanol–water partition coefficient (Wildman–Crippen LogP) is 7.56. The summed E-state index contributed by atoms with van der Waals surface area (Å²) in [6.45, 7) is 6.50. The number of fused-ring (bicyclic) bond motifs is 3. The summed E-state index contributed by atoms with van der Waals surface area (Å²) in [5.41, 5.74) is 9.65. The summed E-state index contributed by atoms with van der Waals surface area (Å²) < 4.78 is 4.57. The second-order valence-electron chi connectivity index (χ2n) is 8.79. The van der Waals surface area contributed by atoms with Crippen LogP contribution in [0.2, 0.25) is 0 Å². The molecule has 0 atom stereocenters. The van der Waals surface area contributed by atoms with E-state index in [-0.39, 0.29) is 0 Å². The van der Waals surface area contributed by atoms with Crippen LogP contribution in [-0.4, -0.2) is 14.1 Å². The minimum atomic E-state index is 0.952. The van der Waals surface area contributed by atoms with E-state index in [1.807, 2.05) is 6.20 Å². The maximum absolute atomic E-state index is 4.77. The van der Waals surface area contributed by atoms with Gasteiger partial charge < -0.3 is 4.57 Å². The number of para-hydroxylation sites is 2. The fourth-order valence-electron chi connectivity index (χ4n) is 5.23. The molecule has 2 aromatic heterocycles. The zero-order valence-electron chi connectivity index (χ0n) is 19.1. The Morgan fingerprint density at radius 2 is 1.30 bits per heavy atom. The summed E-state index contributed by atoms with van der Waals surface area (Å²) in [5.74, 6) is 0.952. The van der Waals surface area contributed by atoms with E-state index in [0.29, 0.717) is 0 Å². The highest BCUT2D eigenvalue weighted by molar-refractivity contribution is 6.09. The third kappa shape index (κ3) is 3.08. The van der Waals surface area contributed by atoms with E-state index < -0.39 is 0 Å². The normalized spacial score (nSPS) is 11.5. The van der Waals surface area contributed by atoms with Crippen molar-refractivity contribution in [3.8, 4) is 22.8 Å². The Morgan fingerprint density at radius 3 is 1.97 bits per heavy atom. The summed E-state index contributed by atoms with van der Waals surface area (Å²) in [7, 11) is 0. The Morgan fingerprint density at radius 1 is 0.667 bits per heavy atom. The number of hydrogen-bond donors (Lipinski definition) is 0. The van der Waals surface area contributed by atoms with Gasteiger partial charge in [-0.15, -0.1) is 0 Å². The Balaban J connectivity index is 1.56. The highest BCUT2D eigenvalue weighted by atomic mass is 15.1. The average molecular weight is 428 g/mol. The third-order valence-electron chi connectivity index (χ3n) is 6.46. The molecule has 0 spiro atoms. The fraction of sp³-hybridized carbons (Fsp3) is 0.100. The van der Waals surface area contributed by atoms with Gasteiger partial charge in [-0.3, -0.25) is 4.57 Å². The number of aryl methyl sites for hydroxylation is 3. The second-order valence-corrected chi connectivity index (χ2v) is 8.79. The number of aromatic nitrogens is 3. The molecule has 6 rings (SSSR count). The van der Waals surface area contributed by atoms with Crippen molar-refractivity contribution in [2.45, 2.75) is 20.8 Å². The molecule has 0 amide bonds. The Hall–Kier alpha value is -4.11. The largest absolute Gasteiger partial charge is 0.309 e. The first-order valence-corrected chi connectivity index (χ1v) is 11.3. The number of nitrogens with zero attached hydrogens (tertiary/aromatic N) is 3. The molecule has 0 saturated heterocycles. The smallest absolute Gasteiger partial charge is 0.144 e. The topological polar surface area (TPSA) is 22.8 Å². The molecule has 3 heteroatoms. The van der Waals surface area contributed by atoms with Crippen LogP contribution >= 0.6 is 0 Å². The highest BCUT2D eigenvalue weighted by Gasteiger charge is 2.15. The molecule has 0 bridgehead atoms. The predicted molar refractivity (Wildman–Crippen MR) is 138 cm³/mol. The minimum absolute atomic E-state index is 0.952. The maximum Gasteiger partial charge on any atom is 0.144 e. The quantitative estimate of drug-likeness (QED) is 0.286. The Labute approximate surface area is 193 Å². The summed E-state index contributed by atoms with van der Waals surface area (Å²) in [5, 5.41) is 2.54. The van der Waals surface area contributed by atoms with Crippen molar-refractivity contribution in [2.75, 3.05) is 0 Å².